The molecule has 1 fully saturated rings. The Balaban J connectivity index is 2.38. The van der Waals surface area contributed by atoms with E-state index in [2.05, 4.69) is 5.32 Å². The van der Waals surface area contributed by atoms with Crippen molar-refractivity contribution in [3.8, 4) is 0 Å². The molecule has 1 aromatic rings. The van der Waals surface area contributed by atoms with Crippen LogP contribution in [0.4, 0.5) is 5.69 Å². The molecule has 3 N–H and O–H groups in total. The van der Waals surface area contributed by atoms with Gasteiger partial charge in [-0.1, -0.05) is 0 Å². The number of piperazine rings is 1. The Bertz CT molecular complexity index is 594. The quantitative estimate of drug-likeness (QED) is 0.663. The molecule has 2 rings (SSSR count). The Morgan fingerprint density at radius 2 is 1.78 bits per heavy atom. The van der Waals surface area contributed by atoms with Gasteiger partial charge in [0, 0.05) is 5.69 Å². The van der Waals surface area contributed by atoms with Gasteiger partial charge in [0.15, 0.2) is 0 Å². The molecule has 0 aliphatic carbocycles. The van der Waals surface area contributed by atoms with Gasteiger partial charge in [0.25, 0.3) is 15.9 Å². The molecule has 7 nitrogen and oxygen atoms in total. The average Bonchev–Trinajstić information content (AvgIpc) is 2.32. The number of benzene rings is 1. The molecule has 96 valence electrons. The van der Waals surface area contributed by atoms with Gasteiger partial charge in [-0.15, -0.1) is 0 Å². The lowest BCUT2D eigenvalue weighted by Gasteiger charge is -2.25. The number of hydrogen-bond acceptors (Lipinski definition) is 5. The highest BCUT2D eigenvalue weighted by Crippen LogP contribution is 2.18. The van der Waals surface area contributed by atoms with Crippen LogP contribution < -0.4 is 11.1 Å². The molecular formula is C10H11N3O4S. The summed E-state index contributed by atoms with van der Waals surface area (Å²) in [6.45, 7) is -0.807. The molecule has 8 heteroatoms. The first-order valence-corrected chi connectivity index (χ1v) is 6.53. The topological polar surface area (TPSA) is 110 Å². The zero-order chi connectivity index (χ0) is 13.3. The fourth-order valence-corrected chi connectivity index (χ4v) is 2.88. The Morgan fingerprint density at radius 3 is 2.39 bits per heavy atom. The fraction of sp³-hybridized carbons (Fsp3) is 0.200. The van der Waals surface area contributed by atoms with Crippen molar-refractivity contribution in [3.05, 3.63) is 24.3 Å². The second-order valence-corrected chi connectivity index (χ2v) is 5.61. The van der Waals surface area contributed by atoms with E-state index in [0.717, 1.165) is 0 Å². The first-order chi connectivity index (χ1) is 8.41. The molecule has 2 amide bonds. The normalized spacial score (nSPS) is 16.6. The number of nitrogens with two attached hydrogens (primary N) is 1. The van der Waals surface area contributed by atoms with Crippen LogP contribution in [0.3, 0.4) is 0 Å². The molecule has 1 aliphatic heterocycles. The number of nitrogen functional groups attached to an aromatic ring is 1. The third kappa shape index (κ3) is 2.14. The molecule has 18 heavy (non-hydrogen) atoms. The highest BCUT2D eigenvalue weighted by atomic mass is 32.2. The van der Waals surface area contributed by atoms with E-state index in [1.165, 1.54) is 24.3 Å². The first-order valence-electron chi connectivity index (χ1n) is 5.09. The van der Waals surface area contributed by atoms with Crippen LogP contribution in [0.5, 0.6) is 0 Å². The number of sulfonamides is 1. The van der Waals surface area contributed by atoms with Crippen molar-refractivity contribution in [3.63, 3.8) is 0 Å². The molecule has 0 saturated carbocycles. The Hall–Kier alpha value is -2.09. The van der Waals surface area contributed by atoms with Gasteiger partial charge < -0.3 is 11.1 Å². The van der Waals surface area contributed by atoms with Crippen LogP contribution in [-0.4, -0.2) is 37.6 Å². The maximum Gasteiger partial charge on any atom is 0.267 e. The molecule has 0 atom stereocenters. The average molecular weight is 269 g/mol. The van der Waals surface area contributed by atoms with E-state index in [-0.39, 0.29) is 11.4 Å². The maximum absolute atomic E-state index is 12.1. The summed E-state index contributed by atoms with van der Waals surface area (Å²) in [4.78, 5) is 22.6. The lowest BCUT2D eigenvalue weighted by Crippen LogP contribution is -2.53. The van der Waals surface area contributed by atoms with Crippen LogP contribution in [0.15, 0.2) is 29.2 Å². The molecule has 0 aromatic heterocycles. The summed E-state index contributed by atoms with van der Waals surface area (Å²) in [6, 6.07) is 5.43. The van der Waals surface area contributed by atoms with Crippen LogP contribution in [0.25, 0.3) is 0 Å². The summed E-state index contributed by atoms with van der Waals surface area (Å²) in [5, 5.41) is 2.28. The first kappa shape index (κ1) is 12.4. The summed E-state index contributed by atoms with van der Waals surface area (Å²) in [7, 11) is -3.99. The smallest absolute Gasteiger partial charge is 0.267 e. The fourth-order valence-electron chi connectivity index (χ4n) is 1.52. The number of hydrogen-bond donors (Lipinski definition) is 2. The van der Waals surface area contributed by atoms with E-state index in [1.54, 1.807) is 0 Å². The molecule has 0 spiro atoms. The van der Waals surface area contributed by atoms with Crippen molar-refractivity contribution in [1.29, 1.82) is 0 Å². The van der Waals surface area contributed by atoms with Gasteiger partial charge in [-0.3, -0.25) is 9.59 Å². The predicted octanol–water partition coefficient (Wildman–Crippen LogP) is -1.08. The van der Waals surface area contributed by atoms with Crippen LogP contribution >= 0.6 is 0 Å². The maximum atomic E-state index is 12.1. The van der Waals surface area contributed by atoms with E-state index in [1.807, 2.05) is 0 Å². The lowest BCUT2D eigenvalue weighted by molar-refractivity contribution is -0.135. The van der Waals surface area contributed by atoms with Gasteiger partial charge >= 0.3 is 0 Å². The molecule has 0 radical (unpaired) electrons. The minimum absolute atomic E-state index is 0.0697. The molecular weight excluding hydrogens is 258 g/mol. The van der Waals surface area contributed by atoms with Gasteiger partial charge in [-0.25, -0.2) is 12.7 Å². The van der Waals surface area contributed by atoms with E-state index in [9.17, 15) is 18.0 Å². The Morgan fingerprint density at radius 1 is 1.17 bits per heavy atom. The molecule has 1 heterocycles. The van der Waals surface area contributed by atoms with Crippen molar-refractivity contribution < 1.29 is 18.0 Å². The van der Waals surface area contributed by atoms with Gasteiger partial charge in [-0.05, 0) is 24.3 Å². The van der Waals surface area contributed by atoms with E-state index < -0.39 is 28.4 Å². The summed E-state index contributed by atoms with van der Waals surface area (Å²) in [5.41, 5.74) is 5.87. The third-order valence-corrected chi connectivity index (χ3v) is 4.25. The largest absolute Gasteiger partial charge is 0.399 e. The van der Waals surface area contributed by atoms with Crippen LogP contribution in [0.2, 0.25) is 0 Å². The van der Waals surface area contributed by atoms with Crippen LogP contribution in [0, 0.1) is 0 Å². The van der Waals surface area contributed by atoms with Crippen molar-refractivity contribution in [2.45, 2.75) is 4.90 Å². The predicted molar refractivity (Wildman–Crippen MR) is 62.8 cm³/mol. The highest BCUT2D eigenvalue weighted by molar-refractivity contribution is 7.89. The zero-order valence-electron chi connectivity index (χ0n) is 9.29. The summed E-state index contributed by atoms with van der Waals surface area (Å²) in [6.07, 6.45) is 0. The lowest BCUT2D eigenvalue weighted by atomic mass is 10.3. The third-order valence-electron chi connectivity index (χ3n) is 2.47. The minimum atomic E-state index is -3.99. The van der Waals surface area contributed by atoms with Gasteiger partial charge in [-0.2, -0.15) is 0 Å². The number of carbonyl (C=O) groups is 2. The van der Waals surface area contributed by atoms with Gasteiger partial charge in [0.05, 0.1) is 11.4 Å². The molecule has 1 saturated heterocycles. The molecule has 0 unspecified atom stereocenters. The van der Waals surface area contributed by atoms with E-state index in [0.29, 0.717) is 9.99 Å². The number of nitrogens with one attached hydrogen (secondary N) is 1. The molecule has 0 bridgehead atoms. The van der Waals surface area contributed by atoms with Crippen molar-refractivity contribution in [1.82, 2.24) is 9.62 Å². The molecule has 1 aliphatic rings. The summed E-state index contributed by atoms with van der Waals surface area (Å²) < 4.78 is 24.8. The minimum Gasteiger partial charge on any atom is -0.399 e. The molecule has 1 aromatic carbocycles. The van der Waals surface area contributed by atoms with Crippen molar-refractivity contribution in [2.24, 2.45) is 0 Å². The summed E-state index contributed by atoms with van der Waals surface area (Å²) >= 11 is 0. The number of amides is 2. The van der Waals surface area contributed by atoms with E-state index in [4.69, 9.17) is 5.73 Å². The number of anilines is 1. The van der Waals surface area contributed by atoms with Crippen molar-refractivity contribution in [2.75, 3.05) is 18.8 Å². The number of carbonyl (C=O) groups excluding carboxylic acids is 2. The monoisotopic (exact) mass is 269 g/mol. The Kier molecular flexibility index (Phi) is 2.95. The number of rotatable bonds is 2. The second-order valence-electron chi connectivity index (χ2n) is 3.75. The van der Waals surface area contributed by atoms with Gasteiger partial charge in [0.2, 0.25) is 5.91 Å². The Labute approximate surface area is 104 Å². The highest BCUT2D eigenvalue weighted by Gasteiger charge is 2.34. The second kappa shape index (κ2) is 4.30. The number of nitrogens with zero attached hydrogens (tertiary/aromatic N) is 1. The summed E-state index contributed by atoms with van der Waals surface area (Å²) in [5.74, 6) is -1.17. The van der Waals surface area contributed by atoms with Crippen LogP contribution in [-0.2, 0) is 19.6 Å². The van der Waals surface area contributed by atoms with E-state index >= 15 is 0 Å². The SMILES string of the molecule is Nc1ccc(S(=O)(=O)N2CC(=O)NCC2=O)cc1. The standard InChI is InChI=1S/C10H11N3O4S/c11-7-1-3-8(4-2-7)18(16,17)13-6-9(14)12-5-10(13)15/h1-4H,5-6,11H2,(H,12,14). The zero-order valence-corrected chi connectivity index (χ0v) is 10.1. The van der Waals surface area contributed by atoms with Crippen molar-refractivity contribution >= 4 is 27.5 Å². The van der Waals surface area contributed by atoms with Crippen LogP contribution in [0.1, 0.15) is 0 Å². The van der Waals surface area contributed by atoms with Gasteiger partial charge in [0.1, 0.15) is 6.54 Å².